The van der Waals surface area contributed by atoms with Crippen LogP contribution in [0.15, 0.2) is 0 Å². The van der Waals surface area contributed by atoms with Crippen LogP contribution < -0.4 is 4.72 Å². The fourth-order valence-electron chi connectivity index (χ4n) is 0.908. The molecule has 0 saturated heterocycles. The van der Waals surface area contributed by atoms with Crippen molar-refractivity contribution in [2.45, 2.75) is 19.8 Å². The highest BCUT2D eigenvalue weighted by atomic mass is 32.2. The van der Waals surface area contributed by atoms with E-state index >= 15 is 0 Å². The second-order valence-corrected chi connectivity index (χ2v) is 5.25. The molecule has 6 heteroatoms. The largest absolute Gasteiger partial charge is 0.396 e. The van der Waals surface area contributed by atoms with Crippen molar-refractivity contribution in [2.24, 2.45) is 5.92 Å². The van der Waals surface area contributed by atoms with E-state index in [0.717, 1.165) is 0 Å². The zero-order valence-corrected chi connectivity index (χ0v) is 9.19. The summed E-state index contributed by atoms with van der Waals surface area (Å²) in [6, 6.07) is 0. The monoisotopic (exact) mass is 227 g/mol. The molecule has 0 bridgehead atoms. The van der Waals surface area contributed by atoms with Gasteiger partial charge in [-0.1, -0.05) is 6.92 Å². The summed E-state index contributed by atoms with van der Waals surface area (Å²) in [4.78, 5) is 0. The van der Waals surface area contributed by atoms with Crippen LogP contribution in [0.25, 0.3) is 0 Å². The molecular weight excluding hydrogens is 209 g/mol. The number of halogens is 1. The minimum absolute atomic E-state index is 0.0315. The number of nitrogens with one attached hydrogen (secondary N) is 1. The molecular formula is C8H18FNO3S. The molecule has 0 aliphatic rings. The number of sulfonamides is 1. The van der Waals surface area contributed by atoms with Gasteiger partial charge in [0.05, 0.1) is 12.4 Å². The minimum atomic E-state index is -3.33. The van der Waals surface area contributed by atoms with Crippen molar-refractivity contribution in [3.05, 3.63) is 0 Å². The molecule has 0 radical (unpaired) electrons. The molecule has 0 aromatic rings. The summed E-state index contributed by atoms with van der Waals surface area (Å²) in [7, 11) is -3.33. The van der Waals surface area contributed by atoms with Crippen LogP contribution in [0, 0.1) is 5.92 Å². The Morgan fingerprint density at radius 3 is 2.64 bits per heavy atom. The van der Waals surface area contributed by atoms with Crippen LogP contribution in [0.1, 0.15) is 19.8 Å². The lowest BCUT2D eigenvalue weighted by atomic mass is 10.1. The summed E-state index contributed by atoms with van der Waals surface area (Å²) in [6.07, 6.45) is 0.593. The Balaban J connectivity index is 3.75. The van der Waals surface area contributed by atoms with Crippen molar-refractivity contribution in [1.29, 1.82) is 0 Å². The lowest BCUT2D eigenvalue weighted by molar-refractivity contribution is 0.263. The van der Waals surface area contributed by atoms with E-state index in [9.17, 15) is 12.8 Å². The highest BCUT2D eigenvalue weighted by Gasteiger charge is 2.11. The van der Waals surface area contributed by atoms with Gasteiger partial charge in [-0.25, -0.2) is 13.1 Å². The van der Waals surface area contributed by atoms with Gasteiger partial charge < -0.3 is 5.11 Å². The maximum absolute atomic E-state index is 11.7. The van der Waals surface area contributed by atoms with Gasteiger partial charge in [-0.15, -0.1) is 0 Å². The highest BCUT2D eigenvalue weighted by molar-refractivity contribution is 7.89. The third kappa shape index (κ3) is 7.23. The third-order valence-corrected chi connectivity index (χ3v) is 3.25. The van der Waals surface area contributed by atoms with Gasteiger partial charge in [-0.3, -0.25) is 4.39 Å². The van der Waals surface area contributed by atoms with Crippen molar-refractivity contribution in [1.82, 2.24) is 4.72 Å². The van der Waals surface area contributed by atoms with E-state index < -0.39 is 16.7 Å². The average Bonchev–Trinajstić information content (AvgIpc) is 2.13. The summed E-state index contributed by atoms with van der Waals surface area (Å²) < 4.78 is 36.4. The molecule has 2 N–H and O–H groups in total. The van der Waals surface area contributed by atoms with Gasteiger partial charge in [-0.2, -0.15) is 0 Å². The standard InChI is InChI=1S/C8H18FNO3S/c1-8(3-5-11)7-10-14(12,13)6-2-4-9/h8,10-11H,2-7H2,1H3. The first-order valence-electron chi connectivity index (χ1n) is 4.66. The SMILES string of the molecule is CC(CCO)CNS(=O)(=O)CCCF. The van der Waals surface area contributed by atoms with Crippen LogP contribution >= 0.6 is 0 Å². The third-order valence-electron chi connectivity index (χ3n) is 1.82. The van der Waals surface area contributed by atoms with E-state index in [1.54, 1.807) is 0 Å². The average molecular weight is 227 g/mol. The molecule has 86 valence electrons. The predicted molar refractivity (Wildman–Crippen MR) is 53.2 cm³/mol. The lowest BCUT2D eigenvalue weighted by Gasteiger charge is -2.10. The summed E-state index contributed by atoms with van der Waals surface area (Å²) in [5.41, 5.74) is 0. The topological polar surface area (TPSA) is 66.4 Å². The van der Waals surface area contributed by atoms with Gasteiger partial charge >= 0.3 is 0 Å². The molecule has 0 saturated carbocycles. The molecule has 0 aromatic heterocycles. The molecule has 0 amide bonds. The Morgan fingerprint density at radius 1 is 1.50 bits per heavy atom. The van der Waals surface area contributed by atoms with Gasteiger partial charge in [0.25, 0.3) is 0 Å². The molecule has 14 heavy (non-hydrogen) atoms. The van der Waals surface area contributed by atoms with Gasteiger partial charge in [0, 0.05) is 13.2 Å². The Bertz CT molecular complexity index is 231. The Labute approximate surface area is 84.6 Å². The van der Waals surface area contributed by atoms with Gasteiger partial charge in [0.1, 0.15) is 0 Å². The van der Waals surface area contributed by atoms with E-state index in [1.807, 2.05) is 6.92 Å². The van der Waals surface area contributed by atoms with Crippen LogP contribution in [0.2, 0.25) is 0 Å². The highest BCUT2D eigenvalue weighted by Crippen LogP contribution is 2.00. The molecule has 0 aliphatic heterocycles. The van der Waals surface area contributed by atoms with Crippen LogP contribution in [0.5, 0.6) is 0 Å². The van der Waals surface area contributed by atoms with Gasteiger partial charge in [-0.05, 0) is 18.8 Å². The predicted octanol–water partition coefficient (Wildman–Crippen LogP) is 0.284. The van der Waals surface area contributed by atoms with Crippen LogP contribution in [-0.4, -0.2) is 39.1 Å². The second-order valence-electron chi connectivity index (χ2n) is 3.33. The molecule has 1 unspecified atom stereocenters. The molecule has 1 atom stereocenters. The van der Waals surface area contributed by atoms with E-state index in [2.05, 4.69) is 4.72 Å². The van der Waals surface area contributed by atoms with Crippen molar-refractivity contribution < 1.29 is 17.9 Å². The summed E-state index contributed by atoms with van der Waals surface area (Å²) in [6.45, 7) is 1.57. The quantitative estimate of drug-likeness (QED) is 0.626. The van der Waals surface area contributed by atoms with Crippen LogP contribution in [-0.2, 0) is 10.0 Å². The van der Waals surface area contributed by atoms with Crippen molar-refractivity contribution in [3.8, 4) is 0 Å². The zero-order valence-electron chi connectivity index (χ0n) is 8.37. The molecule has 0 spiro atoms. The number of aliphatic hydroxyl groups excluding tert-OH is 1. The fraction of sp³-hybridized carbons (Fsp3) is 1.00. The first kappa shape index (κ1) is 13.8. The molecule has 0 aromatic carbocycles. The van der Waals surface area contributed by atoms with Crippen molar-refractivity contribution in [2.75, 3.05) is 25.6 Å². The molecule has 4 nitrogen and oxygen atoms in total. The maximum atomic E-state index is 11.7. The summed E-state index contributed by atoms with van der Waals surface area (Å²) in [5, 5.41) is 8.58. The van der Waals surface area contributed by atoms with E-state index in [1.165, 1.54) is 0 Å². The fourth-order valence-corrected chi connectivity index (χ4v) is 2.08. The number of alkyl halides is 1. The van der Waals surface area contributed by atoms with Crippen LogP contribution in [0.4, 0.5) is 4.39 Å². The Morgan fingerprint density at radius 2 is 2.14 bits per heavy atom. The number of hydrogen-bond donors (Lipinski definition) is 2. The number of rotatable bonds is 8. The smallest absolute Gasteiger partial charge is 0.211 e. The van der Waals surface area contributed by atoms with Crippen LogP contribution in [0.3, 0.4) is 0 Å². The normalized spacial score (nSPS) is 14.2. The van der Waals surface area contributed by atoms with Gasteiger partial charge in [0.2, 0.25) is 10.0 Å². The minimum Gasteiger partial charge on any atom is -0.396 e. The van der Waals surface area contributed by atoms with Crippen molar-refractivity contribution >= 4 is 10.0 Å². The van der Waals surface area contributed by atoms with E-state index in [0.29, 0.717) is 13.0 Å². The summed E-state index contributed by atoms with van der Waals surface area (Å²) >= 11 is 0. The maximum Gasteiger partial charge on any atom is 0.211 e. The molecule has 0 aliphatic carbocycles. The second kappa shape index (κ2) is 7.14. The number of aliphatic hydroxyl groups is 1. The molecule has 0 fully saturated rings. The number of hydrogen-bond acceptors (Lipinski definition) is 3. The van der Waals surface area contributed by atoms with Gasteiger partial charge in [0.15, 0.2) is 0 Å². The zero-order chi connectivity index (χ0) is 11.0. The summed E-state index contributed by atoms with van der Waals surface area (Å²) in [5.74, 6) is -0.0739. The van der Waals surface area contributed by atoms with E-state index in [4.69, 9.17) is 5.11 Å². The lowest BCUT2D eigenvalue weighted by Crippen LogP contribution is -2.30. The molecule has 0 heterocycles. The Kier molecular flexibility index (Phi) is 7.04. The molecule has 0 rings (SSSR count). The first-order chi connectivity index (χ1) is 6.52. The van der Waals surface area contributed by atoms with Crippen molar-refractivity contribution in [3.63, 3.8) is 0 Å². The first-order valence-corrected chi connectivity index (χ1v) is 6.31. The Hall–Kier alpha value is -0.200. The van der Waals surface area contributed by atoms with E-state index in [-0.39, 0.29) is 24.7 Å².